The molecule has 12 rings (SSSR count). The van der Waals surface area contributed by atoms with Gasteiger partial charge in [-0.2, -0.15) is 5.26 Å². The zero-order valence-corrected chi connectivity index (χ0v) is 34.1. The van der Waals surface area contributed by atoms with E-state index in [1.165, 1.54) is 33.4 Å². The first-order valence-electron chi connectivity index (χ1n) is 21.2. The molecule has 4 heteroatoms. The molecule has 2 aliphatic carbocycles. The molecule has 0 saturated heterocycles. The average molecular weight is 801 g/mol. The second-order valence-electron chi connectivity index (χ2n) is 16.2. The van der Waals surface area contributed by atoms with E-state index in [1.807, 2.05) is 18.2 Å². The van der Waals surface area contributed by atoms with Gasteiger partial charge in [-0.3, -0.25) is 0 Å². The van der Waals surface area contributed by atoms with Crippen molar-refractivity contribution in [1.29, 1.82) is 5.26 Å². The summed E-state index contributed by atoms with van der Waals surface area (Å²) < 4.78 is 0. The van der Waals surface area contributed by atoms with Crippen molar-refractivity contribution in [3.8, 4) is 95.9 Å². The van der Waals surface area contributed by atoms with Crippen molar-refractivity contribution in [2.45, 2.75) is 5.41 Å². The Morgan fingerprint density at radius 1 is 0.286 bits per heavy atom. The molecule has 0 saturated carbocycles. The van der Waals surface area contributed by atoms with E-state index in [1.54, 1.807) is 0 Å². The molecule has 4 nitrogen and oxygen atoms in total. The summed E-state index contributed by atoms with van der Waals surface area (Å²) in [6, 6.07) is 79.2. The summed E-state index contributed by atoms with van der Waals surface area (Å²) in [5, 5.41) is 10.1. The number of hydrogen-bond donors (Lipinski definition) is 0. The Labute approximate surface area is 366 Å². The molecule has 292 valence electrons. The maximum absolute atomic E-state index is 10.1. The fraction of sp³-hybridized carbons (Fsp3) is 0.0169. The number of fused-ring (bicyclic) bond motifs is 10. The molecule has 10 aromatic rings. The van der Waals surface area contributed by atoms with Crippen LogP contribution in [-0.4, -0.2) is 15.0 Å². The van der Waals surface area contributed by atoms with Crippen molar-refractivity contribution in [3.05, 3.63) is 246 Å². The quantitative estimate of drug-likeness (QED) is 0.168. The van der Waals surface area contributed by atoms with Gasteiger partial charge in [-0.05, 0) is 102 Å². The van der Waals surface area contributed by atoms with E-state index in [2.05, 4.69) is 206 Å². The lowest BCUT2D eigenvalue weighted by Gasteiger charge is -2.30. The molecule has 0 radical (unpaired) electrons. The lowest BCUT2D eigenvalue weighted by atomic mass is 9.70. The van der Waals surface area contributed by atoms with E-state index >= 15 is 0 Å². The van der Waals surface area contributed by atoms with Crippen molar-refractivity contribution in [2.75, 3.05) is 0 Å². The van der Waals surface area contributed by atoms with Gasteiger partial charge < -0.3 is 0 Å². The lowest BCUT2D eigenvalue weighted by Crippen LogP contribution is -2.26. The predicted molar refractivity (Wildman–Crippen MR) is 253 cm³/mol. The van der Waals surface area contributed by atoms with Gasteiger partial charge in [0.25, 0.3) is 0 Å². The van der Waals surface area contributed by atoms with E-state index in [4.69, 9.17) is 15.0 Å². The lowest BCUT2D eigenvalue weighted by molar-refractivity contribution is 0.793. The van der Waals surface area contributed by atoms with E-state index in [0.717, 1.165) is 61.2 Å². The number of rotatable bonds is 6. The molecule has 0 aliphatic heterocycles. The smallest absolute Gasteiger partial charge is 0.164 e. The zero-order valence-electron chi connectivity index (χ0n) is 34.1. The van der Waals surface area contributed by atoms with Crippen LogP contribution in [0.5, 0.6) is 0 Å². The molecule has 2 aliphatic rings. The van der Waals surface area contributed by atoms with Crippen LogP contribution in [0.4, 0.5) is 0 Å². The first-order valence-corrected chi connectivity index (χ1v) is 21.2. The average Bonchev–Trinajstić information content (AvgIpc) is 3.83. The fourth-order valence-electron chi connectivity index (χ4n) is 9.87. The molecule has 63 heavy (non-hydrogen) atoms. The zero-order chi connectivity index (χ0) is 41.9. The van der Waals surface area contributed by atoms with Gasteiger partial charge in [-0.15, -0.1) is 0 Å². The largest absolute Gasteiger partial charge is 0.208 e. The Kier molecular flexibility index (Phi) is 8.42. The first-order chi connectivity index (χ1) is 31.2. The maximum atomic E-state index is 10.1. The van der Waals surface area contributed by atoms with Crippen LogP contribution in [0, 0.1) is 11.3 Å². The van der Waals surface area contributed by atoms with Gasteiger partial charge in [0.05, 0.1) is 17.0 Å². The topological polar surface area (TPSA) is 62.5 Å². The van der Waals surface area contributed by atoms with Crippen LogP contribution in [-0.2, 0) is 5.41 Å². The maximum Gasteiger partial charge on any atom is 0.164 e. The second kappa shape index (κ2) is 14.6. The van der Waals surface area contributed by atoms with Crippen molar-refractivity contribution in [3.63, 3.8) is 0 Å². The summed E-state index contributed by atoms with van der Waals surface area (Å²) in [6.45, 7) is 0. The molecule has 9 aromatic carbocycles. The van der Waals surface area contributed by atoms with E-state index in [9.17, 15) is 5.26 Å². The van der Waals surface area contributed by atoms with E-state index in [-0.39, 0.29) is 0 Å². The molecule has 0 bridgehead atoms. The molecule has 0 N–H and O–H groups in total. The van der Waals surface area contributed by atoms with Crippen molar-refractivity contribution < 1.29 is 0 Å². The highest BCUT2D eigenvalue weighted by molar-refractivity contribution is 5.96. The molecule has 1 aromatic heterocycles. The molecule has 0 fully saturated rings. The SMILES string of the molecule is N#Cc1ccc2c(c1)C1(c3ccccc3-c3ccccc31)c1cc(-c3cccc(-c4nc(-c5ccc(-c6ccccc6)cc5)nc(-c5ccc(-c6ccccc6)cc5)n4)c3)ccc1-2. The Morgan fingerprint density at radius 2 is 0.667 bits per heavy atom. The second-order valence-corrected chi connectivity index (χ2v) is 16.2. The van der Waals surface area contributed by atoms with Gasteiger partial charge in [0.1, 0.15) is 0 Å². The summed E-state index contributed by atoms with van der Waals surface area (Å²) in [6.07, 6.45) is 0. The van der Waals surface area contributed by atoms with Crippen LogP contribution in [0.25, 0.3) is 89.8 Å². The van der Waals surface area contributed by atoms with Crippen molar-refractivity contribution in [2.24, 2.45) is 0 Å². The molecule has 0 atom stereocenters. The number of benzene rings is 9. The molecular weight excluding hydrogens is 765 g/mol. The molecule has 1 spiro atoms. The highest BCUT2D eigenvalue weighted by atomic mass is 15.0. The van der Waals surface area contributed by atoms with Gasteiger partial charge >= 0.3 is 0 Å². The van der Waals surface area contributed by atoms with Crippen LogP contribution in [0.15, 0.2) is 218 Å². The Hall–Kier alpha value is -8.52. The third-order valence-corrected chi connectivity index (χ3v) is 12.8. The summed E-state index contributed by atoms with van der Waals surface area (Å²) in [7, 11) is 0. The van der Waals surface area contributed by atoms with Gasteiger partial charge in [0.15, 0.2) is 17.5 Å². The Bertz CT molecular complexity index is 3290. The van der Waals surface area contributed by atoms with Gasteiger partial charge in [-0.25, -0.2) is 15.0 Å². The van der Waals surface area contributed by atoms with Gasteiger partial charge in [0, 0.05) is 16.7 Å². The Balaban J connectivity index is 0.992. The highest BCUT2D eigenvalue weighted by Gasteiger charge is 2.51. The minimum Gasteiger partial charge on any atom is -0.208 e. The molecule has 0 amide bonds. The summed E-state index contributed by atoms with van der Waals surface area (Å²) in [5.74, 6) is 1.82. The monoisotopic (exact) mass is 800 g/mol. The third kappa shape index (κ3) is 5.86. The van der Waals surface area contributed by atoms with Gasteiger partial charge in [0.2, 0.25) is 0 Å². The van der Waals surface area contributed by atoms with Crippen LogP contribution < -0.4 is 0 Å². The molecule has 1 heterocycles. The minimum absolute atomic E-state index is 0.567. The number of nitriles is 1. The first kappa shape index (κ1) is 36.3. The third-order valence-electron chi connectivity index (χ3n) is 12.8. The van der Waals surface area contributed by atoms with Crippen molar-refractivity contribution >= 4 is 0 Å². The highest BCUT2D eigenvalue weighted by Crippen LogP contribution is 2.63. The Morgan fingerprint density at radius 3 is 1.22 bits per heavy atom. The van der Waals surface area contributed by atoms with Crippen LogP contribution in [0.3, 0.4) is 0 Å². The van der Waals surface area contributed by atoms with Crippen molar-refractivity contribution in [1.82, 2.24) is 15.0 Å². The molecule has 0 unspecified atom stereocenters. The number of aromatic nitrogens is 3. The fourth-order valence-corrected chi connectivity index (χ4v) is 9.87. The standard InChI is InChI=1S/C59H36N4/c60-37-38-22-32-50-51-33-31-46(36-55(51)59(54(50)34-38)52-20-9-7-18-48(52)49-19-8-10-21-53(49)59)45-16-11-17-47(35-45)58-62-56(43-27-23-41(24-28-43)39-12-3-1-4-13-39)61-57(63-58)44-29-25-42(26-30-44)40-14-5-2-6-15-40/h1-36H. The number of hydrogen-bond acceptors (Lipinski definition) is 4. The van der Waals surface area contributed by atoms with Crippen LogP contribution >= 0.6 is 0 Å². The molecular formula is C59H36N4. The summed E-state index contributed by atoms with van der Waals surface area (Å²) in [4.78, 5) is 15.4. The summed E-state index contributed by atoms with van der Waals surface area (Å²) >= 11 is 0. The van der Waals surface area contributed by atoms with Crippen LogP contribution in [0.1, 0.15) is 27.8 Å². The summed E-state index contributed by atoms with van der Waals surface area (Å²) in [5.41, 5.74) is 19.2. The predicted octanol–water partition coefficient (Wildman–Crippen LogP) is 14.1. The van der Waals surface area contributed by atoms with Gasteiger partial charge in [-0.1, -0.05) is 194 Å². The van der Waals surface area contributed by atoms with Crippen LogP contribution in [0.2, 0.25) is 0 Å². The normalized spacial score (nSPS) is 12.6. The van der Waals surface area contributed by atoms with E-state index < -0.39 is 5.41 Å². The number of nitrogens with zero attached hydrogens (tertiary/aromatic N) is 4. The van der Waals surface area contributed by atoms with E-state index in [0.29, 0.717) is 23.0 Å². The minimum atomic E-state index is -0.567.